The van der Waals surface area contributed by atoms with Crippen molar-refractivity contribution in [3.05, 3.63) is 92.4 Å². The van der Waals surface area contributed by atoms with Gasteiger partial charge < -0.3 is 9.64 Å². The van der Waals surface area contributed by atoms with Gasteiger partial charge in [-0.1, -0.05) is 53.6 Å². The quantitative estimate of drug-likeness (QED) is 0.271. The maximum absolute atomic E-state index is 14.2. The number of carbonyl (C=O) groups is 3. The van der Waals surface area contributed by atoms with Gasteiger partial charge in [-0.25, -0.2) is 4.90 Å². The highest BCUT2D eigenvalue weighted by atomic mass is 79.9. The zero-order chi connectivity index (χ0) is 26.0. The number of Topliss-reactive ketones (excluding diaryl/α,β-unsaturated/α-hetero) is 1. The number of ether oxygens (including phenoxy) is 1. The van der Waals surface area contributed by atoms with Crippen molar-refractivity contribution in [3.63, 3.8) is 0 Å². The van der Waals surface area contributed by atoms with Crippen LogP contribution < -0.4 is 14.5 Å². The maximum Gasteiger partial charge on any atom is 0.240 e. The normalized spacial score (nSPS) is 23.7. The smallest absolute Gasteiger partial charge is 0.240 e. The first-order valence-electron chi connectivity index (χ1n) is 11.6. The summed E-state index contributed by atoms with van der Waals surface area (Å²) >= 11 is 15.8. The van der Waals surface area contributed by atoms with Crippen molar-refractivity contribution >= 4 is 74.2 Å². The van der Waals surface area contributed by atoms with Crippen molar-refractivity contribution in [1.82, 2.24) is 0 Å². The number of carbonyl (C=O) groups excluding carboxylic acids is 3. The van der Waals surface area contributed by atoms with E-state index in [1.807, 2.05) is 41.3 Å². The minimum Gasteiger partial charge on any atom is -0.496 e. The summed E-state index contributed by atoms with van der Waals surface area (Å²) in [5.74, 6) is -2.12. The predicted molar refractivity (Wildman–Crippen MR) is 146 cm³/mol. The maximum atomic E-state index is 14.2. The summed E-state index contributed by atoms with van der Waals surface area (Å²) in [4.78, 5) is 45.0. The molecule has 0 bridgehead atoms. The number of hydrogen-bond donors (Lipinski definition) is 0. The summed E-state index contributed by atoms with van der Waals surface area (Å²) in [6, 6.07) is 16.0. The number of para-hydroxylation sites is 1. The lowest BCUT2D eigenvalue weighted by Gasteiger charge is -2.36. The van der Waals surface area contributed by atoms with Crippen LogP contribution in [0, 0.1) is 11.8 Å². The Morgan fingerprint density at radius 3 is 2.35 bits per heavy atom. The number of imide groups is 1. The minimum atomic E-state index is -0.891. The molecule has 6 nitrogen and oxygen atoms in total. The molecule has 186 valence electrons. The molecule has 3 aliphatic heterocycles. The van der Waals surface area contributed by atoms with E-state index >= 15 is 0 Å². The van der Waals surface area contributed by atoms with Crippen molar-refractivity contribution < 1.29 is 19.1 Å². The van der Waals surface area contributed by atoms with Gasteiger partial charge in [-0.05, 0) is 64.0 Å². The summed E-state index contributed by atoms with van der Waals surface area (Å²) < 4.78 is 5.94. The van der Waals surface area contributed by atoms with Crippen LogP contribution in [0.4, 0.5) is 11.4 Å². The number of nitrogens with zero attached hydrogens (tertiary/aromatic N) is 2. The average Bonchev–Trinajstić information content (AvgIpc) is 3.35. The van der Waals surface area contributed by atoms with Gasteiger partial charge in [0.1, 0.15) is 11.8 Å². The second kappa shape index (κ2) is 9.01. The lowest BCUT2D eigenvalue weighted by molar-refractivity contribution is -0.122. The Morgan fingerprint density at radius 1 is 0.946 bits per heavy atom. The molecule has 37 heavy (non-hydrogen) atoms. The number of anilines is 2. The molecule has 0 saturated carbocycles. The van der Waals surface area contributed by atoms with Crippen molar-refractivity contribution in [2.45, 2.75) is 12.1 Å². The molecule has 6 rings (SSSR count). The third kappa shape index (κ3) is 3.71. The molecule has 0 spiro atoms. The molecule has 0 aliphatic carbocycles. The summed E-state index contributed by atoms with van der Waals surface area (Å²) in [6.07, 6.45) is 3.86. The van der Waals surface area contributed by atoms with E-state index < -0.39 is 29.8 Å². The van der Waals surface area contributed by atoms with Gasteiger partial charge in [-0.15, -0.1) is 0 Å². The van der Waals surface area contributed by atoms with Gasteiger partial charge in [0.25, 0.3) is 0 Å². The van der Waals surface area contributed by atoms with Crippen LogP contribution in [-0.2, 0) is 9.59 Å². The van der Waals surface area contributed by atoms with Crippen LogP contribution in [0.1, 0.15) is 15.9 Å². The first-order chi connectivity index (χ1) is 17.8. The van der Waals surface area contributed by atoms with E-state index in [1.165, 1.54) is 18.2 Å². The molecule has 4 unspecified atom stereocenters. The SMILES string of the molecule is COc1ccc(C(=O)C2C3C(=O)N(c4cc(Cl)cc(Cl)c4)C(=O)C3C3C=Cc4ccccc4N32)cc1Br. The first kappa shape index (κ1) is 24.2. The Hall–Kier alpha value is -3.13. The van der Waals surface area contributed by atoms with Gasteiger partial charge in [0.15, 0.2) is 5.78 Å². The van der Waals surface area contributed by atoms with Gasteiger partial charge in [0.2, 0.25) is 11.8 Å². The van der Waals surface area contributed by atoms with Crippen LogP contribution in [-0.4, -0.2) is 36.8 Å². The highest BCUT2D eigenvalue weighted by molar-refractivity contribution is 9.10. The Kier molecular flexibility index (Phi) is 5.90. The molecule has 2 amide bonds. The van der Waals surface area contributed by atoms with E-state index in [2.05, 4.69) is 15.9 Å². The lowest BCUT2D eigenvalue weighted by Crippen LogP contribution is -2.48. The minimum absolute atomic E-state index is 0.252. The highest BCUT2D eigenvalue weighted by Crippen LogP contribution is 2.50. The molecular weight excluding hydrogens is 579 g/mol. The fourth-order valence-corrected chi connectivity index (χ4v) is 6.78. The number of fused-ring (bicyclic) bond motifs is 5. The molecule has 3 aliphatic rings. The molecule has 3 heterocycles. The second-order valence-corrected chi connectivity index (χ2v) is 10.9. The van der Waals surface area contributed by atoms with Gasteiger partial charge in [-0.2, -0.15) is 0 Å². The molecular formula is C28H19BrCl2N2O4. The Morgan fingerprint density at radius 2 is 1.65 bits per heavy atom. The number of rotatable bonds is 4. The van der Waals surface area contributed by atoms with E-state index in [4.69, 9.17) is 27.9 Å². The number of amides is 2. The first-order valence-corrected chi connectivity index (χ1v) is 13.1. The third-order valence-electron chi connectivity index (χ3n) is 7.23. The average molecular weight is 598 g/mol. The number of halogens is 3. The second-order valence-electron chi connectivity index (χ2n) is 9.17. The summed E-state index contributed by atoms with van der Waals surface area (Å²) in [6.45, 7) is 0. The number of methoxy groups -OCH3 is 1. The lowest BCUT2D eigenvalue weighted by atomic mass is 9.86. The van der Waals surface area contributed by atoms with Gasteiger partial charge in [0, 0.05) is 21.3 Å². The van der Waals surface area contributed by atoms with E-state index in [1.54, 1.807) is 25.3 Å². The Bertz CT molecular complexity index is 1500. The molecule has 4 atom stereocenters. The van der Waals surface area contributed by atoms with E-state index in [0.29, 0.717) is 31.5 Å². The number of hydrogen-bond acceptors (Lipinski definition) is 5. The van der Waals surface area contributed by atoms with Crippen LogP contribution in [0.25, 0.3) is 6.08 Å². The van der Waals surface area contributed by atoms with Crippen molar-refractivity contribution in [2.24, 2.45) is 11.8 Å². The van der Waals surface area contributed by atoms with Gasteiger partial charge in [-0.3, -0.25) is 14.4 Å². The van der Waals surface area contributed by atoms with Crippen LogP contribution >= 0.6 is 39.1 Å². The Labute approximate surface area is 231 Å². The zero-order valence-electron chi connectivity index (χ0n) is 19.4. The van der Waals surface area contributed by atoms with Crippen LogP contribution in [0.15, 0.2) is 71.2 Å². The van der Waals surface area contributed by atoms with Crippen LogP contribution in [0.3, 0.4) is 0 Å². The van der Waals surface area contributed by atoms with Crippen molar-refractivity contribution in [2.75, 3.05) is 16.9 Å². The molecule has 3 aromatic rings. The third-order valence-corrected chi connectivity index (χ3v) is 8.28. The van der Waals surface area contributed by atoms with Crippen LogP contribution in [0.5, 0.6) is 5.75 Å². The van der Waals surface area contributed by atoms with E-state index in [0.717, 1.165) is 16.2 Å². The standard InChI is InChI=1S/C28H19BrCl2N2O4/c1-37-22-9-7-15(10-19(22)29)26(34)25-24-23(21-8-6-14-4-2-3-5-20(14)33(21)25)27(35)32(28(24)36)18-12-16(30)11-17(31)13-18/h2-13,21,23-25H,1H3. The molecule has 9 heteroatoms. The summed E-state index contributed by atoms with van der Waals surface area (Å²) in [7, 11) is 1.55. The topological polar surface area (TPSA) is 66.9 Å². The number of ketones is 1. The molecule has 2 saturated heterocycles. The van der Waals surface area contributed by atoms with Crippen molar-refractivity contribution in [1.29, 1.82) is 0 Å². The molecule has 2 fully saturated rings. The summed E-state index contributed by atoms with van der Waals surface area (Å²) in [5, 5.41) is 0.618. The monoisotopic (exact) mass is 596 g/mol. The fourth-order valence-electron chi connectivity index (χ4n) is 5.73. The highest BCUT2D eigenvalue weighted by Gasteiger charge is 2.64. The van der Waals surface area contributed by atoms with E-state index in [9.17, 15) is 14.4 Å². The number of benzene rings is 3. The molecule has 3 aromatic carbocycles. The molecule has 0 radical (unpaired) electrons. The van der Waals surface area contributed by atoms with Gasteiger partial charge >= 0.3 is 0 Å². The largest absolute Gasteiger partial charge is 0.496 e. The van der Waals surface area contributed by atoms with Crippen molar-refractivity contribution in [3.8, 4) is 5.75 Å². The zero-order valence-corrected chi connectivity index (χ0v) is 22.5. The van der Waals surface area contributed by atoms with Crippen LogP contribution in [0.2, 0.25) is 10.0 Å². The summed E-state index contributed by atoms with van der Waals surface area (Å²) in [5.41, 5.74) is 2.44. The Balaban J connectivity index is 1.49. The fraction of sp³-hybridized carbons (Fsp3) is 0.179. The van der Waals surface area contributed by atoms with E-state index in [-0.39, 0.29) is 11.7 Å². The molecule has 0 N–H and O–H groups in total. The molecule has 0 aromatic heterocycles. The van der Waals surface area contributed by atoms with Gasteiger partial charge in [0.05, 0.1) is 35.1 Å². The predicted octanol–water partition coefficient (Wildman–Crippen LogP) is 6.04.